The van der Waals surface area contributed by atoms with Crippen molar-refractivity contribution >= 4 is 17.8 Å². The average molecular weight is 307 g/mol. The number of rotatable bonds is 4. The summed E-state index contributed by atoms with van der Waals surface area (Å²) in [4.78, 5) is 37.3. The molecule has 1 aliphatic rings. The van der Waals surface area contributed by atoms with Crippen LogP contribution in [0.1, 0.15) is 20.7 Å². The van der Waals surface area contributed by atoms with E-state index in [1.54, 1.807) is 0 Å². The van der Waals surface area contributed by atoms with Gasteiger partial charge in [0.15, 0.2) is 5.78 Å². The number of phenols is 1. The molecule has 1 aliphatic heterocycles. The van der Waals surface area contributed by atoms with Crippen molar-refractivity contribution in [2.24, 2.45) is 5.73 Å². The van der Waals surface area contributed by atoms with Crippen LogP contribution in [0.2, 0.25) is 0 Å². The molecule has 8 heteroatoms. The Morgan fingerprint density at radius 3 is 2.32 bits per heavy atom. The highest BCUT2D eigenvalue weighted by Gasteiger charge is 2.22. The van der Waals surface area contributed by atoms with Gasteiger partial charge in [0.2, 0.25) is 0 Å². The summed E-state index contributed by atoms with van der Waals surface area (Å²) in [5.74, 6) is -1.28. The molecule has 1 heterocycles. The first-order chi connectivity index (χ1) is 10.4. The van der Waals surface area contributed by atoms with Gasteiger partial charge in [0.1, 0.15) is 5.75 Å². The molecule has 8 nitrogen and oxygen atoms in total. The van der Waals surface area contributed by atoms with Gasteiger partial charge in [0, 0.05) is 31.7 Å². The lowest BCUT2D eigenvalue weighted by molar-refractivity contribution is 0.0835. The Bertz CT molecular complexity index is 608. The number of carbonyl (C=O) groups excluding carboxylic acids is 2. The third-order valence-corrected chi connectivity index (χ3v) is 3.59. The molecule has 22 heavy (non-hydrogen) atoms. The molecule has 0 spiro atoms. The van der Waals surface area contributed by atoms with Gasteiger partial charge in [-0.05, 0) is 18.2 Å². The van der Waals surface area contributed by atoms with E-state index in [0.29, 0.717) is 26.2 Å². The summed E-state index contributed by atoms with van der Waals surface area (Å²) in [6.45, 7) is 1.77. The van der Waals surface area contributed by atoms with Crippen molar-refractivity contribution in [3.63, 3.8) is 0 Å². The fourth-order valence-corrected chi connectivity index (χ4v) is 2.30. The molecule has 1 aromatic carbocycles. The lowest BCUT2D eigenvalue weighted by Gasteiger charge is -2.32. The lowest BCUT2D eigenvalue weighted by atomic mass is 10.1. The second-order valence-corrected chi connectivity index (χ2v) is 5.07. The van der Waals surface area contributed by atoms with E-state index >= 15 is 0 Å². The Kier molecular flexibility index (Phi) is 4.62. The largest absolute Gasteiger partial charge is 0.507 e. The van der Waals surface area contributed by atoms with Gasteiger partial charge < -0.3 is 20.8 Å². The quantitative estimate of drug-likeness (QED) is 0.671. The number of Topliss-reactive ketones (excluding diaryl/α,β-unsaturated/α-hetero) is 1. The van der Waals surface area contributed by atoms with E-state index in [1.165, 1.54) is 23.1 Å². The summed E-state index contributed by atoms with van der Waals surface area (Å²) in [6.07, 6.45) is -0.962. The van der Waals surface area contributed by atoms with E-state index in [0.717, 1.165) is 0 Å². The normalized spacial score (nSPS) is 15.5. The van der Waals surface area contributed by atoms with E-state index in [9.17, 15) is 19.5 Å². The maximum atomic E-state index is 12.2. The lowest BCUT2D eigenvalue weighted by Crippen LogP contribution is -2.49. The van der Waals surface area contributed by atoms with Gasteiger partial charge >= 0.3 is 6.09 Å². The number of piperazine rings is 1. The Labute approximate surface area is 126 Å². The smallest absolute Gasteiger partial charge is 0.407 e. The zero-order chi connectivity index (χ0) is 16.3. The number of hydrogen-bond acceptors (Lipinski definition) is 5. The van der Waals surface area contributed by atoms with Crippen LogP contribution in [0, 0.1) is 0 Å². The SMILES string of the molecule is NC(=O)c1cc(C(=O)CN2CCN(C(=O)O)CC2)ccc1O. The van der Waals surface area contributed by atoms with E-state index in [4.69, 9.17) is 10.8 Å². The number of carboxylic acid groups (broad SMARTS) is 1. The van der Waals surface area contributed by atoms with Gasteiger partial charge in [-0.2, -0.15) is 0 Å². The first-order valence-electron chi connectivity index (χ1n) is 6.74. The summed E-state index contributed by atoms with van der Waals surface area (Å²) in [5.41, 5.74) is 5.32. The summed E-state index contributed by atoms with van der Waals surface area (Å²) in [7, 11) is 0. The van der Waals surface area contributed by atoms with Crippen LogP contribution >= 0.6 is 0 Å². The third kappa shape index (κ3) is 3.53. The van der Waals surface area contributed by atoms with Gasteiger partial charge in [-0.15, -0.1) is 0 Å². The molecule has 0 radical (unpaired) electrons. The van der Waals surface area contributed by atoms with Crippen LogP contribution < -0.4 is 5.73 Å². The standard InChI is InChI=1S/C14H17N3O5/c15-13(20)10-7-9(1-2-11(10)18)12(19)8-16-3-5-17(6-4-16)14(21)22/h1-2,7,18H,3-6,8H2,(H2,15,20)(H,21,22). The number of amides is 2. The van der Waals surface area contributed by atoms with Crippen LogP contribution in [0.4, 0.5) is 4.79 Å². The molecule has 4 N–H and O–H groups in total. The van der Waals surface area contributed by atoms with E-state index in [-0.39, 0.29) is 29.2 Å². The summed E-state index contributed by atoms with van der Waals surface area (Å²) in [5, 5.41) is 18.4. The van der Waals surface area contributed by atoms with Crippen molar-refractivity contribution in [3.05, 3.63) is 29.3 Å². The Hall–Kier alpha value is -2.61. The minimum atomic E-state index is -0.962. The van der Waals surface area contributed by atoms with Crippen molar-refractivity contribution in [2.45, 2.75) is 0 Å². The number of hydrogen-bond donors (Lipinski definition) is 3. The molecule has 0 bridgehead atoms. The van der Waals surface area contributed by atoms with Crippen LogP contribution in [0.5, 0.6) is 5.75 Å². The van der Waals surface area contributed by atoms with Gasteiger partial charge in [-0.1, -0.05) is 0 Å². The van der Waals surface area contributed by atoms with Crippen LogP contribution in [0.15, 0.2) is 18.2 Å². The number of nitrogens with zero attached hydrogens (tertiary/aromatic N) is 2. The molecule has 0 aromatic heterocycles. The number of carbonyl (C=O) groups is 3. The highest BCUT2D eigenvalue weighted by Crippen LogP contribution is 2.18. The maximum Gasteiger partial charge on any atom is 0.407 e. The summed E-state index contributed by atoms with van der Waals surface area (Å²) < 4.78 is 0. The molecule has 2 amide bonds. The molecule has 0 unspecified atom stereocenters. The fourth-order valence-electron chi connectivity index (χ4n) is 2.30. The van der Waals surface area contributed by atoms with E-state index < -0.39 is 12.0 Å². The molecule has 1 aromatic rings. The Morgan fingerprint density at radius 1 is 1.14 bits per heavy atom. The molecule has 0 atom stereocenters. The molecule has 0 aliphatic carbocycles. The monoisotopic (exact) mass is 307 g/mol. The molecule has 2 rings (SSSR count). The minimum Gasteiger partial charge on any atom is -0.507 e. The number of benzene rings is 1. The van der Waals surface area contributed by atoms with Crippen molar-refractivity contribution in [2.75, 3.05) is 32.7 Å². The van der Waals surface area contributed by atoms with Crippen molar-refractivity contribution in [1.82, 2.24) is 9.80 Å². The van der Waals surface area contributed by atoms with Crippen LogP contribution in [0.3, 0.4) is 0 Å². The topological polar surface area (TPSA) is 124 Å². The zero-order valence-corrected chi connectivity index (χ0v) is 11.9. The molecular weight excluding hydrogens is 290 g/mol. The number of primary amides is 1. The van der Waals surface area contributed by atoms with Crippen molar-refractivity contribution in [1.29, 1.82) is 0 Å². The highest BCUT2D eigenvalue weighted by molar-refractivity contribution is 6.02. The van der Waals surface area contributed by atoms with Crippen LogP contribution in [0.25, 0.3) is 0 Å². The molecule has 1 saturated heterocycles. The molecule has 118 valence electrons. The minimum absolute atomic E-state index is 0.0958. The average Bonchev–Trinajstić information content (AvgIpc) is 2.47. The first-order valence-corrected chi connectivity index (χ1v) is 6.74. The van der Waals surface area contributed by atoms with E-state index in [1.807, 2.05) is 4.90 Å². The van der Waals surface area contributed by atoms with Crippen molar-refractivity contribution < 1.29 is 24.6 Å². The fraction of sp³-hybridized carbons (Fsp3) is 0.357. The second kappa shape index (κ2) is 6.44. The molecule has 0 saturated carbocycles. The predicted octanol–water partition coefficient (Wildman–Crippen LogP) is -0.0306. The number of aromatic hydroxyl groups is 1. The van der Waals surface area contributed by atoms with Crippen LogP contribution in [-0.2, 0) is 0 Å². The Morgan fingerprint density at radius 2 is 1.77 bits per heavy atom. The van der Waals surface area contributed by atoms with Gasteiger partial charge in [0.05, 0.1) is 12.1 Å². The molecule has 1 fully saturated rings. The van der Waals surface area contributed by atoms with Crippen molar-refractivity contribution in [3.8, 4) is 5.75 Å². The van der Waals surface area contributed by atoms with Gasteiger partial charge in [0.25, 0.3) is 5.91 Å². The highest BCUT2D eigenvalue weighted by atomic mass is 16.4. The first kappa shape index (κ1) is 15.8. The third-order valence-electron chi connectivity index (χ3n) is 3.59. The predicted molar refractivity (Wildman–Crippen MR) is 77.0 cm³/mol. The number of nitrogens with two attached hydrogens (primary N) is 1. The zero-order valence-electron chi connectivity index (χ0n) is 11.9. The molecular formula is C14H17N3O5. The second-order valence-electron chi connectivity index (χ2n) is 5.07. The van der Waals surface area contributed by atoms with Crippen LogP contribution in [-0.4, -0.2) is 70.5 Å². The maximum absolute atomic E-state index is 12.2. The number of ketones is 1. The Balaban J connectivity index is 2.00. The summed E-state index contributed by atoms with van der Waals surface area (Å²) in [6, 6.07) is 3.96. The van der Waals surface area contributed by atoms with Gasteiger partial charge in [-0.3, -0.25) is 14.5 Å². The van der Waals surface area contributed by atoms with E-state index in [2.05, 4.69) is 0 Å². The van der Waals surface area contributed by atoms with Gasteiger partial charge in [-0.25, -0.2) is 4.79 Å². The summed E-state index contributed by atoms with van der Waals surface area (Å²) >= 11 is 0.